The molecule has 2 aromatic carbocycles. The fraction of sp³-hybridized carbons (Fsp3) is 0.409. The first-order valence-electron chi connectivity index (χ1n) is 10.2. The van der Waals surface area contributed by atoms with Crippen LogP contribution in [0.3, 0.4) is 0 Å². The van der Waals surface area contributed by atoms with Crippen molar-refractivity contribution in [3.8, 4) is 0 Å². The summed E-state index contributed by atoms with van der Waals surface area (Å²) in [5, 5.41) is 6.80. The molecule has 0 amide bonds. The van der Waals surface area contributed by atoms with E-state index in [9.17, 15) is 8.42 Å². The molecule has 2 atom stereocenters. The van der Waals surface area contributed by atoms with E-state index in [1.54, 1.807) is 25.2 Å². The summed E-state index contributed by atoms with van der Waals surface area (Å²) in [4.78, 5) is 7.07. The Morgan fingerprint density at radius 3 is 2.52 bits per heavy atom. The Bertz CT molecular complexity index is 969. The van der Waals surface area contributed by atoms with Gasteiger partial charge in [-0.2, -0.15) is 0 Å². The molecule has 31 heavy (non-hydrogen) atoms. The highest BCUT2D eigenvalue weighted by molar-refractivity contribution is 14.0. The summed E-state index contributed by atoms with van der Waals surface area (Å²) in [5.74, 6) is 0.718. The van der Waals surface area contributed by atoms with Gasteiger partial charge in [-0.25, -0.2) is 13.1 Å². The Hall–Kier alpha value is -1.69. The van der Waals surface area contributed by atoms with E-state index in [1.165, 1.54) is 12.6 Å². The normalized spacial score (nSPS) is 19.6. The molecule has 0 bridgehead atoms. The van der Waals surface area contributed by atoms with Gasteiger partial charge in [-0.05, 0) is 43.7 Å². The molecular formula is C22H32IN5O2S. The number of nitrogens with zero attached hydrogens (tertiary/aromatic N) is 2. The number of hydrogen-bond donors (Lipinski definition) is 3. The van der Waals surface area contributed by atoms with Crippen molar-refractivity contribution in [2.45, 2.75) is 43.4 Å². The smallest absolute Gasteiger partial charge is 0.240 e. The first-order valence-corrected chi connectivity index (χ1v) is 11.7. The van der Waals surface area contributed by atoms with E-state index in [2.05, 4.69) is 56.4 Å². The fourth-order valence-electron chi connectivity index (χ4n) is 3.76. The van der Waals surface area contributed by atoms with Gasteiger partial charge in [-0.1, -0.05) is 42.5 Å². The van der Waals surface area contributed by atoms with E-state index >= 15 is 0 Å². The molecule has 1 fully saturated rings. The van der Waals surface area contributed by atoms with Gasteiger partial charge in [0.2, 0.25) is 10.0 Å². The highest BCUT2D eigenvalue weighted by atomic mass is 127. The van der Waals surface area contributed by atoms with Gasteiger partial charge in [0.25, 0.3) is 0 Å². The van der Waals surface area contributed by atoms with Crippen LogP contribution in [0.25, 0.3) is 0 Å². The lowest BCUT2D eigenvalue weighted by atomic mass is 10.2. The SMILES string of the molecule is CN=C(NCc1cccc(S(=O)(=O)NC)c1)NC1CC(C)N(Cc2ccccc2)C1.I. The van der Waals surface area contributed by atoms with Gasteiger partial charge >= 0.3 is 0 Å². The Labute approximate surface area is 202 Å². The monoisotopic (exact) mass is 557 g/mol. The first kappa shape index (κ1) is 25.6. The van der Waals surface area contributed by atoms with Crippen LogP contribution in [-0.4, -0.2) is 52.0 Å². The summed E-state index contributed by atoms with van der Waals surface area (Å²) in [6.45, 7) is 4.64. The number of guanidine groups is 1. The minimum absolute atomic E-state index is 0. The van der Waals surface area contributed by atoms with Crippen molar-refractivity contribution in [1.29, 1.82) is 0 Å². The second kappa shape index (κ2) is 11.8. The minimum atomic E-state index is -3.45. The molecular weight excluding hydrogens is 525 g/mol. The molecule has 2 aromatic rings. The Balaban J connectivity index is 0.00000341. The van der Waals surface area contributed by atoms with Crippen molar-refractivity contribution < 1.29 is 8.42 Å². The summed E-state index contributed by atoms with van der Waals surface area (Å²) in [5.41, 5.74) is 2.20. The highest BCUT2D eigenvalue weighted by Gasteiger charge is 2.29. The van der Waals surface area contributed by atoms with Gasteiger partial charge in [0.15, 0.2) is 5.96 Å². The molecule has 170 valence electrons. The maximum absolute atomic E-state index is 12.0. The number of rotatable bonds is 7. The van der Waals surface area contributed by atoms with Crippen molar-refractivity contribution in [2.24, 2.45) is 4.99 Å². The van der Waals surface area contributed by atoms with Gasteiger partial charge in [-0.3, -0.25) is 9.89 Å². The summed E-state index contributed by atoms with van der Waals surface area (Å²) in [7, 11) is -0.291. The number of hydrogen-bond acceptors (Lipinski definition) is 4. The molecule has 1 aliphatic heterocycles. The van der Waals surface area contributed by atoms with Crippen LogP contribution in [0.5, 0.6) is 0 Å². The molecule has 1 saturated heterocycles. The third kappa shape index (κ3) is 7.16. The lowest BCUT2D eigenvalue weighted by molar-refractivity contribution is 0.258. The van der Waals surface area contributed by atoms with Crippen LogP contribution >= 0.6 is 24.0 Å². The van der Waals surface area contributed by atoms with Crippen LogP contribution in [0.2, 0.25) is 0 Å². The predicted molar refractivity (Wildman–Crippen MR) is 136 cm³/mol. The van der Waals surface area contributed by atoms with Gasteiger partial charge in [0.1, 0.15) is 0 Å². The van der Waals surface area contributed by atoms with E-state index in [1.807, 2.05) is 12.1 Å². The zero-order valence-electron chi connectivity index (χ0n) is 18.2. The Morgan fingerprint density at radius 2 is 1.84 bits per heavy atom. The quantitative estimate of drug-likeness (QED) is 0.277. The molecule has 2 unspecified atom stereocenters. The molecule has 7 nitrogen and oxygen atoms in total. The number of likely N-dealkylation sites (tertiary alicyclic amines) is 1. The van der Waals surface area contributed by atoms with Crippen molar-refractivity contribution >= 4 is 40.0 Å². The maximum atomic E-state index is 12.0. The highest BCUT2D eigenvalue weighted by Crippen LogP contribution is 2.20. The van der Waals surface area contributed by atoms with E-state index in [-0.39, 0.29) is 28.9 Å². The zero-order valence-corrected chi connectivity index (χ0v) is 21.4. The second-order valence-corrected chi connectivity index (χ2v) is 9.51. The van der Waals surface area contributed by atoms with Crippen LogP contribution in [0.4, 0.5) is 0 Å². The number of sulfonamides is 1. The lowest BCUT2D eigenvalue weighted by Crippen LogP contribution is -2.44. The summed E-state index contributed by atoms with van der Waals surface area (Å²) < 4.78 is 26.3. The van der Waals surface area contributed by atoms with E-state index in [0.29, 0.717) is 18.6 Å². The number of aliphatic imine (C=N–C) groups is 1. The molecule has 0 aromatic heterocycles. The Morgan fingerprint density at radius 1 is 1.13 bits per heavy atom. The van der Waals surface area contributed by atoms with Crippen LogP contribution in [0.15, 0.2) is 64.5 Å². The van der Waals surface area contributed by atoms with Crippen molar-refractivity contribution in [3.63, 3.8) is 0 Å². The van der Waals surface area contributed by atoms with Crippen molar-refractivity contribution in [3.05, 3.63) is 65.7 Å². The number of nitrogens with one attached hydrogen (secondary N) is 3. The molecule has 1 aliphatic rings. The molecule has 3 N–H and O–H groups in total. The maximum Gasteiger partial charge on any atom is 0.240 e. The Kier molecular flexibility index (Phi) is 9.73. The topological polar surface area (TPSA) is 85.8 Å². The molecule has 0 radical (unpaired) electrons. The lowest BCUT2D eigenvalue weighted by Gasteiger charge is -2.21. The third-order valence-corrected chi connectivity index (χ3v) is 6.85. The molecule has 0 saturated carbocycles. The van der Waals surface area contributed by atoms with Crippen LogP contribution in [0, 0.1) is 0 Å². The molecule has 1 heterocycles. The molecule has 0 spiro atoms. The summed E-state index contributed by atoms with van der Waals surface area (Å²) in [6, 6.07) is 18.2. The van der Waals surface area contributed by atoms with Gasteiger partial charge in [0.05, 0.1) is 4.90 Å². The van der Waals surface area contributed by atoms with E-state index in [4.69, 9.17) is 0 Å². The van der Waals surface area contributed by atoms with Gasteiger partial charge < -0.3 is 10.6 Å². The standard InChI is InChI=1S/C22H31N5O2S.HI/c1-17-12-20(16-27(17)15-18-8-5-4-6-9-18)26-22(23-2)25-14-19-10-7-11-21(13-19)30(28,29)24-3;/h4-11,13,17,20,24H,12,14-16H2,1-3H3,(H2,23,25,26);1H. The van der Waals surface area contributed by atoms with Crippen LogP contribution < -0.4 is 15.4 Å². The van der Waals surface area contributed by atoms with Gasteiger partial charge in [0, 0.05) is 38.8 Å². The van der Waals surface area contributed by atoms with Crippen molar-refractivity contribution in [1.82, 2.24) is 20.3 Å². The number of benzene rings is 2. The van der Waals surface area contributed by atoms with Crippen LogP contribution in [0.1, 0.15) is 24.5 Å². The van der Waals surface area contributed by atoms with Gasteiger partial charge in [-0.15, -0.1) is 24.0 Å². The third-order valence-electron chi connectivity index (χ3n) is 5.43. The average molecular weight is 558 g/mol. The molecule has 3 rings (SSSR count). The van der Waals surface area contributed by atoms with Crippen molar-refractivity contribution in [2.75, 3.05) is 20.6 Å². The first-order chi connectivity index (χ1) is 14.4. The summed E-state index contributed by atoms with van der Waals surface area (Å²) in [6.07, 6.45) is 1.05. The van der Waals surface area contributed by atoms with Crippen LogP contribution in [-0.2, 0) is 23.1 Å². The van der Waals surface area contributed by atoms with E-state index in [0.717, 1.165) is 31.0 Å². The fourth-order valence-corrected chi connectivity index (χ4v) is 4.56. The molecule has 9 heteroatoms. The minimum Gasteiger partial charge on any atom is -0.352 e. The summed E-state index contributed by atoms with van der Waals surface area (Å²) >= 11 is 0. The zero-order chi connectivity index (χ0) is 21.6. The predicted octanol–water partition coefficient (Wildman–Crippen LogP) is 2.54. The number of halogens is 1. The second-order valence-electron chi connectivity index (χ2n) is 7.62. The average Bonchev–Trinajstić information content (AvgIpc) is 3.10. The molecule has 0 aliphatic carbocycles. The largest absolute Gasteiger partial charge is 0.352 e. The van der Waals surface area contributed by atoms with E-state index < -0.39 is 10.0 Å².